The van der Waals surface area contributed by atoms with E-state index in [1.165, 1.54) is 0 Å². The number of carbonyl (C=O) groups is 2. The van der Waals surface area contributed by atoms with E-state index >= 15 is 0 Å². The molecule has 138 valence electrons. The minimum atomic E-state index is -0.479. The Morgan fingerprint density at radius 1 is 1.15 bits per heavy atom. The van der Waals surface area contributed by atoms with Gasteiger partial charge in [0.25, 0.3) is 5.91 Å². The number of esters is 1. The maximum Gasteiger partial charge on any atom is 0.325 e. The first-order chi connectivity index (χ1) is 12.9. The van der Waals surface area contributed by atoms with Crippen molar-refractivity contribution >= 4 is 38.7 Å². The fraction of sp³-hybridized carbons (Fsp3) is 0.200. The summed E-state index contributed by atoms with van der Waals surface area (Å²) in [5.41, 5.74) is 2.62. The van der Waals surface area contributed by atoms with Gasteiger partial charge in [-0.2, -0.15) is 0 Å². The van der Waals surface area contributed by atoms with E-state index in [2.05, 4.69) is 31.2 Å². The molecule has 0 saturated carbocycles. The number of hydrogen-bond acceptors (Lipinski definition) is 5. The lowest BCUT2D eigenvalue weighted by Gasteiger charge is -2.12. The highest BCUT2D eigenvalue weighted by Gasteiger charge is 2.16. The number of pyridine rings is 2. The summed E-state index contributed by atoms with van der Waals surface area (Å²) in [7, 11) is 0. The topological polar surface area (TPSA) is 81.2 Å². The third-order valence-electron chi connectivity index (χ3n) is 3.75. The Bertz CT molecular complexity index is 990. The highest BCUT2D eigenvalue weighted by Crippen LogP contribution is 2.27. The Morgan fingerprint density at radius 3 is 2.59 bits per heavy atom. The fourth-order valence-electron chi connectivity index (χ4n) is 2.61. The molecule has 1 aromatic carbocycles. The van der Waals surface area contributed by atoms with Crippen molar-refractivity contribution in [3.05, 3.63) is 58.8 Å². The number of nitrogens with zero attached hydrogens (tertiary/aromatic N) is 2. The number of aromatic nitrogens is 2. The Balaban J connectivity index is 1.98. The number of hydrogen-bond donors (Lipinski definition) is 1. The minimum Gasteiger partial charge on any atom is -0.462 e. The summed E-state index contributed by atoms with van der Waals surface area (Å²) in [6, 6.07) is 10.9. The van der Waals surface area contributed by atoms with Crippen LogP contribution in [0.2, 0.25) is 0 Å². The van der Waals surface area contributed by atoms with Crippen molar-refractivity contribution in [2.24, 2.45) is 0 Å². The molecule has 0 radical (unpaired) electrons. The summed E-state index contributed by atoms with van der Waals surface area (Å²) in [6.45, 7) is 3.32. The van der Waals surface area contributed by atoms with Crippen molar-refractivity contribution in [3.8, 4) is 11.3 Å². The van der Waals surface area contributed by atoms with Crippen LogP contribution >= 0.6 is 15.9 Å². The largest absolute Gasteiger partial charge is 0.462 e. The summed E-state index contributed by atoms with van der Waals surface area (Å²) in [5, 5.41) is 3.32. The van der Waals surface area contributed by atoms with E-state index in [-0.39, 0.29) is 18.6 Å². The van der Waals surface area contributed by atoms with Gasteiger partial charge in [-0.05, 0) is 50.2 Å². The average Bonchev–Trinajstić information content (AvgIpc) is 2.65. The lowest BCUT2D eigenvalue weighted by Crippen LogP contribution is -2.31. The van der Waals surface area contributed by atoms with E-state index in [0.717, 1.165) is 10.0 Å². The number of carbonyl (C=O) groups excluding carboxylic acids is 2. The van der Waals surface area contributed by atoms with Crippen LogP contribution in [0.15, 0.2) is 53.3 Å². The summed E-state index contributed by atoms with van der Waals surface area (Å²) in [6.07, 6.45) is 3.11. The number of nitrogens with one attached hydrogen (secondary N) is 1. The van der Waals surface area contributed by atoms with E-state index in [0.29, 0.717) is 22.2 Å². The summed E-state index contributed by atoms with van der Waals surface area (Å²) in [5.74, 6) is -0.844. The molecule has 0 unspecified atom stereocenters. The maximum atomic E-state index is 12.8. The van der Waals surface area contributed by atoms with Gasteiger partial charge in [0.2, 0.25) is 0 Å². The van der Waals surface area contributed by atoms with Gasteiger partial charge in [-0.1, -0.05) is 15.9 Å². The number of fused-ring (bicyclic) bond motifs is 1. The first-order valence-corrected chi connectivity index (χ1v) is 9.21. The number of rotatable bonds is 5. The molecule has 1 amide bonds. The predicted octanol–water partition coefficient (Wildman–Crippen LogP) is 3.74. The normalized spacial score (nSPS) is 10.8. The van der Waals surface area contributed by atoms with Crippen molar-refractivity contribution in [2.45, 2.75) is 20.0 Å². The molecule has 2 aromatic heterocycles. The quantitative estimate of drug-likeness (QED) is 0.627. The standard InChI is InChI=1S/C20H18BrN3O3/c1-12(2)27-19(25)11-23-20(26)16-10-18(13-5-7-22-8-6-13)24-17-4-3-14(21)9-15(16)17/h3-10,12H,11H2,1-2H3,(H,23,26). The zero-order valence-electron chi connectivity index (χ0n) is 14.9. The van der Waals surface area contributed by atoms with Crippen molar-refractivity contribution in [1.82, 2.24) is 15.3 Å². The van der Waals surface area contributed by atoms with Crippen LogP contribution in [0.5, 0.6) is 0 Å². The molecule has 0 saturated heterocycles. The van der Waals surface area contributed by atoms with Gasteiger partial charge in [-0.25, -0.2) is 4.98 Å². The number of ether oxygens (including phenoxy) is 1. The second-order valence-electron chi connectivity index (χ2n) is 6.17. The molecule has 3 aromatic rings. The summed E-state index contributed by atoms with van der Waals surface area (Å²) < 4.78 is 5.89. The van der Waals surface area contributed by atoms with Crippen molar-refractivity contribution in [1.29, 1.82) is 0 Å². The first kappa shape index (κ1) is 19.0. The summed E-state index contributed by atoms with van der Waals surface area (Å²) in [4.78, 5) is 33.2. The molecule has 6 nitrogen and oxygen atoms in total. The molecule has 7 heteroatoms. The molecule has 0 spiro atoms. The monoisotopic (exact) mass is 427 g/mol. The predicted molar refractivity (Wildman–Crippen MR) is 106 cm³/mol. The Kier molecular flexibility index (Phi) is 5.81. The van der Waals surface area contributed by atoms with Crippen LogP contribution in [0.4, 0.5) is 0 Å². The smallest absolute Gasteiger partial charge is 0.325 e. The molecule has 0 atom stereocenters. The fourth-order valence-corrected chi connectivity index (χ4v) is 2.97. The first-order valence-electron chi connectivity index (χ1n) is 8.42. The van der Waals surface area contributed by atoms with Crippen LogP contribution in [0.25, 0.3) is 22.2 Å². The van der Waals surface area contributed by atoms with E-state index in [1.54, 1.807) is 32.3 Å². The second kappa shape index (κ2) is 8.26. The van der Waals surface area contributed by atoms with Crippen LogP contribution in [-0.2, 0) is 9.53 Å². The van der Waals surface area contributed by atoms with Crippen LogP contribution < -0.4 is 5.32 Å². The van der Waals surface area contributed by atoms with Gasteiger partial charge < -0.3 is 10.1 Å². The van der Waals surface area contributed by atoms with Crippen molar-refractivity contribution in [3.63, 3.8) is 0 Å². The molecule has 27 heavy (non-hydrogen) atoms. The Labute approximate surface area is 165 Å². The Morgan fingerprint density at radius 2 is 1.89 bits per heavy atom. The highest BCUT2D eigenvalue weighted by atomic mass is 79.9. The lowest BCUT2D eigenvalue weighted by molar-refractivity contribution is -0.146. The van der Waals surface area contributed by atoms with Gasteiger partial charge in [0.05, 0.1) is 22.9 Å². The molecular weight excluding hydrogens is 410 g/mol. The van der Waals surface area contributed by atoms with Gasteiger partial charge in [0, 0.05) is 27.8 Å². The number of amides is 1. The van der Waals surface area contributed by atoms with Gasteiger partial charge in [-0.3, -0.25) is 14.6 Å². The molecule has 0 aliphatic rings. The van der Waals surface area contributed by atoms with Gasteiger partial charge in [0.1, 0.15) is 6.54 Å². The van der Waals surface area contributed by atoms with Crippen LogP contribution in [0, 0.1) is 0 Å². The highest BCUT2D eigenvalue weighted by molar-refractivity contribution is 9.10. The third kappa shape index (κ3) is 4.68. The molecule has 0 aliphatic heterocycles. The van der Waals surface area contributed by atoms with Gasteiger partial charge >= 0.3 is 5.97 Å². The summed E-state index contributed by atoms with van der Waals surface area (Å²) >= 11 is 3.43. The molecule has 1 N–H and O–H groups in total. The Hall–Kier alpha value is -2.80. The van der Waals surface area contributed by atoms with Crippen LogP contribution in [-0.4, -0.2) is 34.5 Å². The average molecular weight is 428 g/mol. The van der Waals surface area contributed by atoms with Gasteiger partial charge in [0.15, 0.2) is 0 Å². The number of halogens is 1. The molecule has 3 rings (SSSR count). The SMILES string of the molecule is CC(C)OC(=O)CNC(=O)c1cc(-c2ccncc2)nc2ccc(Br)cc12. The van der Waals surface area contributed by atoms with Crippen LogP contribution in [0.1, 0.15) is 24.2 Å². The minimum absolute atomic E-state index is 0.195. The van der Waals surface area contributed by atoms with Crippen molar-refractivity contribution < 1.29 is 14.3 Å². The molecule has 0 aliphatic carbocycles. The van der Waals surface area contributed by atoms with Gasteiger partial charge in [-0.15, -0.1) is 0 Å². The van der Waals surface area contributed by atoms with E-state index < -0.39 is 5.97 Å². The number of benzene rings is 1. The van der Waals surface area contributed by atoms with E-state index in [9.17, 15) is 9.59 Å². The molecule has 2 heterocycles. The zero-order valence-corrected chi connectivity index (χ0v) is 16.5. The van der Waals surface area contributed by atoms with E-state index in [4.69, 9.17) is 4.74 Å². The molecule has 0 fully saturated rings. The zero-order chi connectivity index (χ0) is 19.4. The maximum absolute atomic E-state index is 12.8. The molecular formula is C20H18BrN3O3. The second-order valence-corrected chi connectivity index (χ2v) is 7.09. The van der Waals surface area contributed by atoms with Crippen LogP contribution in [0.3, 0.4) is 0 Å². The molecule has 0 bridgehead atoms. The van der Waals surface area contributed by atoms with Crippen molar-refractivity contribution in [2.75, 3.05) is 6.54 Å². The lowest BCUT2D eigenvalue weighted by atomic mass is 10.0. The third-order valence-corrected chi connectivity index (χ3v) is 4.25. The van der Waals surface area contributed by atoms with E-state index in [1.807, 2.05) is 30.3 Å².